The average molecular weight is 225 g/mol. The monoisotopic (exact) mass is 225 g/mol. The molecule has 1 saturated carbocycles. The fraction of sp³-hybridized carbons (Fsp3) is 1.00. The predicted octanol–water partition coefficient (Wildman–Crippen LogP) is 2.97. The first-order chi connectivity index (χ1) is 7.76. The van der Waals surface area contributed by atoms with Gasteiger partial charge in [-0.05, 0) is 63.5 Å². The second kappa shape index (κ2) is 5.50. The van der Waals surface area contributed by atoms with E-state index in [2.05, 4.69) is 19.2 Å². The summed E-state index contributed by atoms with van der Waals surface area (Å²) in [6.07, 6.45) is 7.98. The Morgan fingerprint density at radius 2 is 2.25 bits per heavy atom. The van der Waals surface area contributed by atoms with Crippen molar-refractivity contribution in [1.82, 2.24) is 5.32 Å². The fourth-order valence-electron chi connectivity index (χ4n) is 3.21. The van der Waals surface area contributed by atoms with Crippen LogP contribution in [0.15, 0.2) is 0 Å². The molecule has 0 radical (unpaired) electrons. The standard InChI is InChI=1S/C14H27NO/c1-3-15-9-5-12(2)13-6-10-16-14(11-13)7-4-8-14/h12-13,15H,3-11H2,1-2H3. The van der Waals surface area contributed by atoms with Crippen molar-refractivity contribution in [1.29, 1.82) is 0 Å². The van der Waals surface area contributed by atoms with Crippen molar-refractivity contribution >= 4 is 0 Å². The van der Waals surface area contributed by atoms with Crippen LogP contribution in [0.1, 0.15) is 52.4 Å². The summed E-state index contributed by atoms with van der Waals surface area (Å²) in [4.78, 5) is 0. The lowest BCUT2D eigenvalue weighted by Gasteiger charge is -2.48. The van der Waals surface area contributed by atoms with Crippen molar-refractivity contribution in [2.45, 2.75) is 58.0 Å². The van der Waals surface area contributed by atoms with E-state index in [0.717, 1.165) is 25.0 Å². The molecule has 2 fully saturated rings. The lowest BCUT2D eigenvalue weighted by Crippen LogP contribution is -2.46. The van der Waals surface area contributed by atoms with Crippen LogP contribution in [0, 0.1) is 11.8 Å². The van der Waals surface area contributed by atoms with Crippen LogP contribution in [-0.2, 0) is 4.74 Å². The maximum Gasteiger partial charge on any atom is 0.0685 e. The second-order valence-electron chi connectivity index (χ2n) is 5.76. The van der Waals surface area contributed by atoms with Gasteiger partial charge in [0.05, 0.1) is 5.60 Å². The van der Waals surface area contributed by atoms with Gasteiger partial charge < -0.3 is 10.1 Å². The minimum absolute atomic E-state index is 0.329. The topological polar surface area (TPSA) is 21.3 Å². The molecule has 2 aliphatic rings. The van der Waals surface area contributed by atoms with E-state index in [1.807, 2.05) is 0 Å². The van der Waals surface area contributed by atoms with Crippen molar-refractivity contribution in [3.8, 4) is 0 Å². The van der Waals surface area contributed by atoms with Crippen LogP contribution in [0.5, 0.6) is 0 Å². The van der Waals surface area contributed by atoms with E-state index in [0.29, 0.717) is 5.60 Å². The lowest BCUT2D eigenvalue weighted by atomic mass is 9.69. The van der Waals surface area contributed by atoms with E-state index < -0.39 is 0 Å². The maximum atomic E-state index is 5.99. The molecule has 2 unspecified atom stereocenters. The van der Waals surface area contributed by atoms with Crippen molar-refractivity contribution < 1.29 is 4.74 Å². The highest BCUT2D eigenvalue weighted by atomic mass is 16.5. The summed E-state index contributed by atoms with van der Waals surface area (Å²) >= 11 is 0. The van der Waals surface area contributed by atoms with Gasteiger partial charge in [0, 0.05) is 6.61 Å². The van der Waals surface area contributed by atoms with Crippen molar-refractivity contribution in [3.05, 3.63) is 0 Å². The van der Waals surface area contributed by atoms with Crippen LogP contribution in [0.4, 0.5) is 0 Å². The van der Waals surface area contributed by atoms with E-state index >= 15 is 0 Å². The van der Waals surface area contributed by atoms with Gasteiger partial charge in [0.1, 0.15) is 0 Å². The fourth-order valence-corrected chi connectivity index (χ4v) is 3.21. The smallest absolute Gasteiger partial charge is 0.0685 e. The molecule has 16 heavy (non-hydrogen) atoms. The van der Waals surface area contributed by atoms with Crippen molar-refractivity contribution in [2.24, 2.45) is 11.8 Å². The van der Waals surface area contributed by atoms with Crippen LogP contribution in [0.25, 0.3) is 0 Å². The molecule has 2 atom stereocenters. The van der Waals surface area contributed by atoms with Crippen LogP contribution in [0.2, 0.25) is 0 Å². The van der Waals surface area contributed by atoms with Gasteiger partial charge in [-0.1, -0.05) is 13.8 Å². The number of hydrogen-bond donors (Lipinski definition) is 1. The number of hydrogen-bond acceptors (Lipinski definition) is 2. The van der Waals surface area contributed by atoms with Gasteiger partial charge in [0.2, 0.25) is 0 Å². The molecule has 1 spiro atoms. The van der Waals surface area contributed by atoms with E-state index in [1.165, 1.54) is 45.1 Å². The molecule has 2 heteroatoms. The Morgan fingerprint density at radius 1 is 1.44 bits per heavy atom. The molecule has 0 amide bonds. The maximum absolute atomic E-state index is 5.99. The van der Waals surface area contributed by atoms with Gasteiger partial charge in [-0.2, -0.15) is 0 Å². The third kappa shape index (κ3) is 2.78. The summed E-state index contributed by atoms with van der Waals surface area (Å²) in [5.41, 5.74) is 0.329. The number of ether oxygens (including phenoxy) is 1. The molecule has 1 aliphatic carbocycles. The summed E-state index contributed by atoms with van der Waals surface area (Å²) < 4.78 is 5.99. The molecule has 2 nitrogen and oxygen atoms in total. The summed E-state index contributed by atoms with van der Waals surface area (Å²) in [6.45, 7) is 7.91. The summed E-state index contributed by atoms with van der Waals surface area (Å²) in [5.74, 6) is 1.77. The SMILES string of the molecule is CCNCCC(C)C1CCOC2(CCC2)C1. The lowest BCUT2D eigenvalue weighted by molar-refractivity contribution is -0.149. The number of rotatable bonds is 5. The Hall–Kier alpha value is -0.0800. The molecular weight excluding hydrogens is 198 g/mol. The largest absolute Gasteiger partial charge is 0.375 e. The molecular formula is C14H27NO. The minimum Gasteiger partial charge on any atom is -0.375 e. The zero-order chi connectivity index (χ0) is 11.4. The molecule has 1 aliphatic heterocycles. The Bertz CT molecular complexity index is 213. The van der Waals surface area contributed by atoms with Gasteiger partial charge in [-0.3, -0.25) is 0 Å². The molecule has 0 aromatic rings. The van der Waals surface area contributed by atoms with Gasteiger partial charge in [0.15, 0.2) is 0 Å². The zero-order valence-corrected chi connectivity index (χ0v) is 10.9. The van der Waals surface area contributed by atoms with Gasteiger partial charge >= 0.3 is 0 Å². The Balaban J connectivity index is 1.75. The third-order valence-corrected chi connectivity index (χ3v) is 4.63. The van der Waals surface area contributed by atoms with E-state index in [-0.39, 0.29) is 0 Å². The molecule has 2 rings (SSSR count). The molecule has 0 bridgehead atoms. The molecule has 1 heterocycles. The third-order valence-electron chi connectivity index (χ3n) is 4.63. The van der Waals surface area contributed by atoms with E-state index in [9.17, 15) is 0 Å². The molecule has 94 valence electrons. The first-order valence-corrected chi connectivity index (χ1v) is 7.10. The molecule has 1 saturated heterocycles. The highest BCUT2D eigenvalue weighted by Gasteiger charge is 2.43. The van der Waals surface area contributed by atoms with Crippen LogP contribution < -0.4 is 5.32 Å². The summed E-state index contributed by atoms with van der Waals surface area (Å²) in [5, 5.41) is 3.44. The number of nitrogens with one attached hydrogen (secondary N) is 1. The Kier molecular flexibility index (Phi) is 4.26. The van der Waals surface area contributed by atoms with Crippen LogP contribution >= 0.6 is 0 Å². The minimum atomic E-state index is 0.329. The summed E-state index contributed by atoms with van der Waals surface area (Å²) in [7, 11) is 0. The molecule has 0 aromatic heterocycles. The zero-order valence-electron chi connectivity index (χ0n) is 10.9. The highest BCUT2D eigenvalue weighted by Crippen LogP contribution is 2.46. The Morgan fingerprint density at radius 3 is 2.88 bits per heavy atom. The molecule has 0 aromatic carbocycles. The quantitative estimate of drug-likeness (QED) is 0.726. The summed E-state index contributed by atoms with van der Waals surface area (Å²) in [6, 6.07) is 0. The van der Waals surface area contributed by atoms with Crippen LogP contribution in [0.3, 0.4) is 0 Å². The van der Waals surface area contributed by atoms with Gasteiger partial charge in [-0.15, -0.1) is 0 Å². The normalized spacial score (nSPS) is 30.0. The highest BCUT2D eigenvalue weighted by molar-refractivity contribution is 4.94. The van der Waals surface area contributed by atoms with Gasteiger partial charge in [-0.25, -0.2) is 0 Å². The predicted molar refractivity (Wildman–Crippen MR) is 67.6 cm³/mol. The first-order valence-electron chi connectivity index (χ1n) is 7.10. The van der Waals surface area contributed by atoms with E-state index in [4.69, 9.17) is 4.74 Å². The van der Waals surface area contributed by atoms with E-state index in [1.54, 1.807) is 0 Å². The van der Waals surface area contributed by atoms with Crippen molar-refractivity contribution in [3.63, 3.8) is 0 Å². The van der Waals surface area contributed by atoms with Crippen molar-refractivity contribution in [2.75, 3.05) is 19.7 Å². The average Bonchev–Trinajstić information content (AvgIpc) is 2.27. The van der Waals surface area contributed by atoms with Crippen LogP contribution in [-0.4, -0.2) is 25.3 Å². The Labute approximate surface area is 100 Å². The first kappa shape index (κ1) is 12.4. The second-order valence-corrected chi connectivity index (χ2v) is 5.76. The van der Waals surface area contributed by atoms with Gasteiger partial charge in [0.25, 0.3) is 0 Å². The molecule has 1 N–H and O–H groups in total.